The molecule has 0 aliphatic carbocycles. The van der Waals surface area contributed by atoms with Gasteiger partial charge >= 0.3 is 13.2 Å². The van der Waals surface area contributed by atoms with Gasteiger partial charge in [-0.3, -0.25) is 4.79 Å². The van der Waals surface area contributed by atoms with Crippen LogP contribution in [0.5, 0.6) is 5.75 Å². The number of alkyl halides is 4. The number of carbonyl (C=O) groups is 1. The van der Waals surface area contributed by atoms with Crippen molar-refractivity contribution in [3.8, 4) is 17.6 Å². The van der Waals surface area contributed by atoms with Crippen LogP contribution in [0.4, 0.5) is 17.6 Å². The molecule has 0 N–H and O–H groups in total. The zero-order valence-electron chi connectivity index (χ0n) is 19.8. The van der Waals surface area contributed by atoms with Crippen molar-refractivity contribution in [2.24, 2.45) is 0 Å². The highest BCUT2D eigenvalue weighted by molar-refractivity contribution is 5.97. The maximum atomic E-state index is 13.4. The standard InChI is InChI=1S/C23H17F4N3O3/c1-29-17-11-16(19-13(21(29)31)5-2-6-18(19)33-23(26)27)30-15-10-12(4-3-9-32-22(24)25)7-8-14(15)28-20(17)30/h2,5-8,10,16-17,22-23H,9,11H2,1H3/t16-,17-/m1/s1/i1D3. The van der Waals surface area contributed by atoms with E-state index in [2.05, 4.69) is 21.6 Å². The number of rotatable bonds is 4. The number of carbonyl (C=O) groups excluding carboxylic acids is 1. The largest absolute Gasteiger partial charge is 0.434 e. The van der Waals surface area contributed by atoms with Gasteiger partial charge in [0, 0.05) is 34.2 Å². The van der Waals surface area contributed by atoms with Gasteiger partial charge in [0.05, 0.1) is 23.1 Å². The van der Waals surface area contributed by atoms with Gasteiger partial charge in [0.2, 0.25) is 0 Å². The van der Waals surface area contributed by atoms with Gasteiger partial charge in [0.1, 0.15) is 18.2 Å². The Labute approximate surface area is 189 Å². The summed E-state index contributed by atoms with van der Waals surface area (Å²) in [5, 5.41) is 0. The molecule has 6 nitrogen and oxygen atoms in total. The molecule has 0 radical (unpaired) electrons. The van der Waals surface area contributed by atoms with Crippen LogP contribution in [-0.4, -0.2) is 47.2 Å². The molecule has 10 heteroatoms. The second-order valence-electron chi connectivity index (χ2n) is 7.46. The van der Waals surface area contributed by atoms with Crippen molar-refractivity contribution in [1.29, 1.82) is 0 Å². The minimum atomic E-state index is -3.16. The number of ether oxygens (including phenoxy) is 2. The van der Waals surface area contributed by atoms with Gasteiger partial charge in [0.15, 0.2) is 0 Å². The van der Waals surface area contributed by atoms with Crippen LogP contribution in [-0.2, 0) is 4.74 Å². The van der Waals surface area contributed by atoms with Crippen LogP contribution in [0.15, 0.2) is 36.4 Å². The van der Waals surface area contributed by atoms with Crippen LogP contribution in [0.1, 0.15) is 49.9 Å². The summed E-state index contributed by atoms with van der Waals surface area (Å²) < 4.78 is 85.4. The summed E-state index contributed by atoms with van der Waals surface area (Å²) in [4.78, 5) is 18.7. The average molecular weight is 462 g/mol. The Bertz CT molecular complexity index is 1410. The number of benzene rings is 2. The van der Waals surface area contributed by atoms with Gasteiger partial charge in [-0.25, -0.2) is 4.98 Å². The molecule has 33 heavy (non-hydrogen) atoms. The summed E-state index contributed by atoms with van der Waals surface area (Å²) in [6.07, 6.45) is 0.0805. The van der Waals surface area contributed by atoms with E-state index < -0.39 is 44.8 Å². The molecule has 0 saturated heterocycles. The van der Waals surface area contributed by atoms with Crippen molar-refractivity contribution in [1.82, 2.24) is 14.5 Å². The van der Waals surface area contributed by atoms with Crippen molar-refractivity contribution in [3.05, 3.63) is 58.9 Å². The van der Waals surface area contributed by atoms with Crippen molar-refractivity contribution >= 4 is 16.9 Å². The smallest absolute Gasteiger partial charge is 0.387 e. The van der Waals surface area contributed by atoms with Crippen molar-refractivity contribution < 1.29 is 35.9 Å². The number of nitrogens with zero attached hydrogens (tertiary/aromatic N) is 3. The fourth-order valence-electron chi connectivity index (χ4n) is 4.43. The summed E-state index contributed by atoms with van der Waals surface area (Å²) in [6.45, 7) is -9.43. The van der Waals surface area contributed by atoms with Crippen molar-refractivity contribution in [3.63, 3.8) is 0 Å². The Hall–Kier alpha value is -3.58. The number of amides is 1. The first-order chi connectivity index (χ1) is 17.1. The molecule has 5 rings (SSSR count). The maximum absolute atomic E-state index is 13.4. The molecule has 170 valence electrons. The van der Waals surface area contributed by atoms with E-state index in [4.69, 9.17) is 8.85 Å². The molecule has 2 aliphatic heterocycles. The fraction of sp³-hybridized carbons (Fsp3) is 0.304. The van der Waals surface area contributed by atoms with Gasteiger partial charge < -0.3 is 18.9 Å². The third kappa shape index (κ3) is 3.58. The van der Waals surface area contributed by atoms with Crippen LogP contribution in [0.2, 0.25) is 0 Å². The molecule has 2 aliphatic rings. The molecule has 3 aromatic rings. The number of aromatic nitrogens is 2. The van der Waals surface area contributed by atoms with Gasteiger partial charge in [-0.15, -0.1) is 0 Å². The van der Waals surface area contributed by atoms with Gasteiger partial charge in [-0.1, -0.05) is 17.9 Å². The minimum Gasteiger partial charge on any atom is -0.434 e. The van der Waals surface area contributed by atoms with Gasteiger partial charge in [-0.05, 0) is 30.3 Å². The van der Waals surface area contributed by atoms with Crippen LogP contribution < -0.4 is 4.74 Å². The predicted octanol–water partition coefficient (Wildman–Crippen LogP) is 4.35. The molecule has 1 amide bonds. The van der Waals surface area contributed by atoms with E-state index in [1.54, 1.807) is 22.8 Å². The molecule has 3 heterocycles. The monoisotopic (exact) mass is 462 g/mol. The molecule has 0 saturated carbocycles. The summed E-state index contributed by atoms with van der Waals surface area (Å²) in [6, 6.07) is 7.21. The van der Waals surface area contributed by atoms with Crippen LogP contribution in [0, 0.1) is 11.8 Å². The summed E-state index contributed by atoms with van der Waals surface area (Å²) in [7, 11) is 0. The second kappa shape index (κ2) is 8.08. The molecular formula is C23H17F4N3O3. The first kappa shape index (κ1) is 17.9. The second-order valence-corrected chi connectivity index (χ2v) is 7.46. The Kier molecular flexibility index (Phi) is 4.39. The first-order valence-corrected chi connectivity index (χ1v) is 9.88. The SMILES string of the molecule is [2H]C([2H])([2H])N1C(=O)c2cccc(OC(F)F)c2[C@H]2C[C@@H]1c1nc3ccc(C#CCOC(F)F)cc3n12. The number of hydrogen-bond donors (Lipinski definition) is 0. The van der Waals surface area contributed by atoms with Gasteiger partial charge in [0.25, 0.3) is 5.91 Å². The number of imidazole rings is 1. The highest BCUT2D eigenvalue weighted by Crippen LogP contribution is 2.49. The van der Waals surface area contributed by atoms with E-state index in [0.29, 0.717) is 16.6 Å². The molecule has 0 spiro atoms. The summed E-state index contributed by atoms with van der Waals surface area (Å²) in [5.74, 6) is 4.41. The maximum Gasteiger partial charge on any atom is 0.387 e. The van der Waals surface area contributed by atoms with E-state index in [-0.39, 0.29) is 29.1 Å². The molecule has 1 aromatic heterocycles. The van der Waals surface area contributed by atoms with E-state index in [9.17, 15) is 22.4 Å². The first-order valence-electron chi connectivity index (χ1n) is 11.4. The Morgan fingerprint density at radius 3 is 2.82 bits per heavy atom. The quantitative estimate of drug-likeness (QED) is 0.428. The normalized spacial score (nSPS) is 20.6. The van der Waals surface area contributed by atoms with E-state index in [1.807, 2.05) is 0 Å². The van der Waals surface area contributed by atoms with E-state index in [0.717, 1.165) is 4.90 Å². The van der Waals surface area contributed by atoms with Gasteiger partial charge in [-0.2, -0.15) is 17.6 Å². The molecule has 0 unspecified atom stereocenters. The topological polar surface area (TPSA) is 56.6 Å². The third-order valence-electron chi connectivity index (χ3n) is 5.66. The van der Waals surface area contributed by atoms with Crippen LogP contribution >= 0.6 is 0 Å². The Balaban J connectivity index is 1.70. The summed E-state index contributed by atoms with van der Waals surface area (Å²) in [5.41, 5.74) is 1.51. The molecule has 2 bridgehead atoms. The predicted molar refractivity (Wildman–Crippen MR) is 109 cm³/mol. The Morgan fingerprint density at radius 2 is 2.06 bits per heavy atom. The molecular weight excluding hydrogens is 442 g/mol. The Morgan fingerprint density at radius 1 is 1.21 bits per heavy atom. The highest BCUT2D eigenvalue weighted by atomic mass is 19.3. The summed E-state index contributed by atoms with van der Waals surface area (Å²) >= 11 is 0. The number of fused-ring (bicyclic) bond motifs is 9. The lowest BCUT2D eigenvalue weighted by Gasteiger charge is -2.24. The zero-order valence-corrected chi connectivity index (χ0v) is 16.8. The minimum absolute atomic E-state index is 0.0515. The lowest BCUT2D eigenvalue weighted by molar-refractivity contribution is -0.117. The number of hydrogen-bond acceptors (Lipinski definition) is 4. The third-order valence-corrected chi connectivity index (χ3v) is 5.66. The average Bonchev–Trinajstić information content (AvgIpc) is 3.28. The zero-order chi connectivity index (χ0) is 25.8. The van der Waals surface area contributed by atoms with Crippen molar-refractivity contribution in [2.45, 2.75) is 31.7 Å². The van der Waals surface area contributed by atoms with Crippen LogP contribution in [0.3, 0.4) is 0 Å². The van der Waals surface area contributed by atoms with E-state index >= 15 is 0 Å². The number of halogens is 4. The molecule has 0 fully saturated rings. The van der Waals surface area contributed by atoms with Crippen molar-refractivity contribution in [2.75, 3.05) is 13.6 Å². The molecule has 2 atom stereocenters. The fourth-order valence-corrected chi connectivity index (χ4v) is 4.43. The lowest BCUT2D eigenvalue weighted by atomic mass is 9.97. The highest BCUT2D eigenvalue weighted by Gasteiger charge is 2.44. The van der Waals surface area contributed by atoms with Crippen LogP contribution in [0.25, 0.3) is 11.0 Å². The molecule has 2 aromatic carbocycles. The lowest BCUT2D eigenvalue weighted by Crippen LogP contribution is -2.30. The van der Waals surface area contributed by atoms with E-state index in [1.165, 1.54) is 18.2 Å².